The minimum atomic E-state index is -0.179. The van der Waals surface area contributed by atoms with Crippen LogP contribution in [0.2, 0.25) is 0 Å². The van der Waals surface area contributed by atoms with Gasteiger partial charge in [-0.15, -0.1) is 11.3 Å². The summed E-state index contributed by atoms with van der Waals surface area (Å²) in [7, 11) is 6.67. The highest BCUT2D eigenvalue weighted by Crippen LogP contribution is 2.41. The zero-order valence-corrected chi connectivity index (χ0v) is 25.3. The van der Waals surface area contributed by atoms with Crippen molar-refractivity contribution in [3.8, 4) is 34.2 Å². The van der Waals surface area contributed by atoms with Crippen LogP contribution in [0.15, 0.2) is 62.7 Å². The van der Waals surface area contributed by atoms with Gasteiger partial charge in [-0.2, -0.15) is 5.10 Å². The van der Waals surface area contributed by atoms with E-state index >= 15 is 0 Å². The van der Waals surface area contributed by atoms with E-state index in [1.165, 1.54) is 17.8 Å². The molecule has 1 saturated carbocycles. The third-order valence-electron chi connectivity index (χ3n) is 7.88. The predicted molar refractivity (Wildman–Crippen MR) is 163 cm³/mol. The van der Waals surface area contributed by atoms with Gasteiger partial charge in [-0.1, -0.05) is 31.5 Å². The Morgan fingerprint density at radius 1 is 1.00 bits per heavy atom. The molecular weight excluding hydrogens is 538 g/mol. The lowest BCUT2D eigenvalue weighted by atomic mass is 9.86. The summed E-state index contributed by atoms with van der Waals surface area (Å²) >= 11 is 1.44. The van der Waals surface area contributed by atoms with Crippen LogP contribution in [-0.4, -0.2) is 41.1 Å². The standard InChI is InChI=1S/C31H37N5O4S/c1-7-21-13-15-23(16-14-21)33-35-25(22-17-26(38-4)29(40-6)27(18-22)39-5)19-41-31(35)32-28-20(2)34(3)36(30(28)37)24-11-9-8-10-12-24/h8-12,17-19,21H,7,13-16H2,1-6H3. The average molecular weight is 576 g/mol. The van der Waals surface area contributed by atoms with Gasteiger partial charge in [0, 0.05) is 23.7 Å². The molecule has 41 heavy (non-hydrogen) atoms. The van der Waals surface area contributed by atoms with E-state index < -0.39 is 0 Å². The molecule has 2 heterocycles. The monoisotopic (exact) mass is 575 g/mol. The quantitative estimate of drug-likeness (QED) is 0.255. The maximum absolute atomic E-state index is 13.7. The number of rotatable bonds is 8. The van der Waals surface area contributed by atoms with Crippen LogP contribution in [0, 0.1) is 12.8 Å². The molecular formula is C31H37N5O4S. The number of methoxy groups -OCH3 is 3. The van der Waals surface area contributed by atoms with E-state index in [9.17, 15) is 4.79 Å². The minimum absolute atomic E-state index is 0.179. The second kappa shape index (κ2) is 12.2. The molecule has 0 unspecified atom stereocenters. The van der Waals surface area contributed by atoms with Crippen molar-refractivity contribution in [2.75, 3.05) is 21.3 Å². The fourth-order valence-corrected chi connectivity index (χ4v) is 6.18. The summed E-state index contributed by atoms with van der Waals surface area (Å²) in [4.78, 5) is 19.2. The molecule has 10 heteroatoms. The molecule has 0 spiro atoms. The van der Waals surface area contributed by atoms with Crippen LogP contribution in [0.1, 0.15) is 44.7 Å². The zero-order chi connectivity index (χ0) is 29.1. The minimum Gasteiger partial charge on any atom is -0.493 e. The maximum Gasteiger partial charge on any atom is 0.297 e. The van der Waals surface area contributed by atoms with Gasteiger partial charge in [-0.05, 0) is 62.8 Å². The number of hydrogen-bond donors (Lipinski definition) is 0. The van der Waals surface area contributed by atoms with E-state index in [-0.39, 0.29) is 5.56 Å². The first-order valence-corrected chi connectivity index (χ1v) is 14.7. The van der Waals surface area contributed by atoms with Gasteiger partial charge >= 0.3 is 0 Å². The molecule has 2 aromatic heterocycles. The van der Waals surface area contributed by atoms with Crippen LogP contribution in [0.4, 0.5) is 5.69 Å². The first-order chi connectivity index (χ1) is 19.9. The van der Waals surface area contributed by atoms with E-state index in [1.54, 1.807) is 26.0 Å². The van der Waals surface area contributed by atoms with Crippen molar-refractivity contribution in [3.05, 3.63) is 68.7 Å². The van der Waals surface area contributed by atoms with Crippen LogP contribution < -0.4 is 24.6 Å². The normalized spacial score (nSPS) is 15.7. The largest absolute Gasteiger partial charge is 0.493 e. The van der Waals surface area contributed by atoms with Crippen molar-refractivity contribution >= 4 is 22.7 Å². The number of thiazole rings is 1. The van der Waals surface area contributed by atoms with Crippen LogP contribution >= 0.6 is 11.3 Å². The van der Waals surface area contributed by atoms with Gasteiger partial charge < -0.3 is 14.2 Å². The molecule has 0 atom stereocenters. The van der Waals surface area contributed by atoms with Crippen LogP contribution in [0.25, 0.3) is 16.9 Å². The highest BCUT2D eigenvalue weighted by Gasteiger charge is 2.21. The summed E-state index contributed by atoms with van der Waals surface area (Å²) < 4.78 is 22.2. The van der Waals surface area contributed by atoms with Gasteiger partial charge in [0.15, 0.2) is 17.2 Å². The summed E-state index contributed by atoms with van der Waals surface area (Å²) in [5.41, 5.74) is 4.57. The number of ether oxygens (including phenoxy) is 3. The summed E-state index contributed by atoms with van der Waals surface area (Å²) in [5.74, 6) is 2.37. The lowest BCUT2D eigenvalue weighted by Gasteiger charge is -2.21. The van der Waals surface area contributed by atoms with Gasteiger partial charge in [0.05, 0.1) is 38.4 Å². The Morgan fingerprint density at radius 3 is 2.24 bits per heavy atom. The van der Waals surface area contributed by atoms with Crippen LogP contribution in [-0.2, 0) is 7.05 Å². The smallest absolute Gasteiger partial charge is 0.297 e. The summed E-state index contributed by atoms with van der Waals surface area (Å²) in [5, 5.41) is 7.15. The Morgan fingerprint density at radius 2 is 1.66 bits per heavy atom. The van der Waals surface area contributed by atoms with E-state index in [0.717, 1.165) is 60.0 Å². The molecule has 4 aromatic rings. The number of para-hydroxylation sites is 1. The van der Waals surface area contributed by atoms with E-state index in [1.807, 2.05) is 71.2 Å². The third-order valence-corrected chi connectivity index (χ3v) is 8.69. The average Bonchev–Trinajstić information content (AvgIpc) is 3.49. The van der Waals surface area contributed by atoms with Crippen molar-refractivity contribution in [2.24, 2.45) is 23.1 Å². The van der Waals surface area contributed by atoms with Gasteiger partial charge in [-0.3, -0.25) is 9.48 Å². The fourth-order valence-electron chi connectivity index (χ4n) is 5.34. The van der Waals surface area contributed by atoms with E-state index in [4.69, 9.17) is 24.3 Å². The topological polar surface area (TPSA) is 84.3 Å². The Kier molecular flexibility index (Phi) is 8.49. The van der Waals surface area contributed by atoms with Crippen molar-refractivity contribution in [2.45, 2.75) is 46.0 Å². The molecule has 2 aromatic carbocycles. The number of benzene rings is 2. The fraction of sp³-hybridized carbons (Fsp3) is 0.387. The van der Waals surface area contributed by atoms with Crippen molar-refractivity contribution in [3.63, 3.8) is 0 Å². The molecule has 5 rings (SSSR count). The molecule has 0 aliphatic heterocycles. The van der Waals surface area contributed by atoms with Gasteiger partial charge in [-0.25, -0.2) is 14.4 Å². The van der Waals surface area contributed by atoms with Gasteiger partial charge in [0.25, 0.3) is 5.56 Å². The zero-order valence-electron chi connectivity index (χ0n) is 24.5. The van der Waals surface area contributed by atoms with E-state index in [2.05, 4.69) is 6.92 Å². The van der Waals surface area contributed by atoms with E-state index in [0.29, 0.717) is 27.7 Å². The Bertz CT molecular complexity index is 1660. The summed E-state index contributed by atoms with van der Waals surface area (Å²) in [6.07, 6.45) is 5.34. The SMILES string of the molecule is CCC1CCC(=Nn2c(-c3cc(OC)c(OC)c(OC)c3)csc2=Nc2c(C)n(C)n(-c3ccccc3)c2=O)CC1. The number of hydrogen-bond acceptors (Lipinski definition) is 7. The molecule has 216 valence electrons. The molecule has 0 saturated heterocycles. The second-order valence-electron chi connectivity index (χ2n) is 10.2. The first kappa shape index (κ1) is 28.5. The highest BCUT2D eigenvalue weighted by molar-refractivity contribution is 7.07. The summed E-state index contributed by atoms with van der Waals surface area (Å²) in [6.45, 7) is 4.17. The Hall–Kier alpha value is -4.05. The molecule has 0 radical (unpaired) electrons. The molecule has 0 bridgehead atoms. The lowest BCUT2D eigenvalue weighted by Crippen LogP contribution is -2.20. The van der Waals surface area contributed by atoms with Crippen LogP contribution in [0.5, 0.6) is 17.2 Å². The highest BCUT2D eigenvalue weighted by atomic mass is 32.1. The van der Waals surface area contributed by atoms with Crippen LogP contribution in [0.3, 0.4) is 0 Å². The molecule has 1 fully saturated rings. The molecule has 0 N–H and O–H groups in total. The molecule has 0 amide bonds. The van der Waals surface area contributed by atoms with Gasteiger partial charge in [0.1, 0.15) is 0 Å². The Labute approximate surface area is 243 Å². The Balaban J connectivity index is 1.71. The maximum atomic E-state index is 13.7. The first-order valence-electron chi connectivity index (χ1n) is 13.9. The molecule has 9 nitrogen and oxygen atoms in total. The summed E-state index contributed by atoms with van der Waals surface area (Å²) in [6, 6.07) is 13.4. The molecule has 1 aliphatic carbocycles. The van der Waals surface area contributed by atoms with Crippen molar-refractivity contribution in [1.82, 2.24) is 14.0 Å². The van der Waals surface area contributed by atoms with Gasteiger partial charge in [0.2, 0.25) is 10.6 Å². The second-order valence-corrected chi connectivity index (χ2v) is 11.0. The number of aromatic nitrogens is 3. The molecule has 1 aliphatic rings. The lowest BCUT2D eigenvalue weighted by molar-refractivity contribution is 0.324. The van der Waals surface area contributed by atoms with Crippen molar-refractivity contribution in [1.29, 1.82) is 0 Å². The third kappa shape index (κ3) is 5.48. The number of nitrogens with zero attached hydrogens (tertiary/aromatic N) is 5. The van der Waals surface area contributed by atoms with Crippen molar-refractivity contribution < 1.29 is 14.2 Å². The predicted octanol–water partition coefficient (Wildman–Crippen LogP) is 6.08.